The Labute approximate surface area is 363 Å². The molecular formula is C61H54. The average Bonchev–Trinajstić information content (AvgIpc) is 4.09. The molecule has 0 amide bonds. The number of hydrogen-bond acceptors (Lipinski definition) is 0. The van der Waals surface area contributed by atoms with Crippen LogP contribution in [0.15, 0.2) is 225 Å². The molecule has 1 saturated carbocycles. The molecule has 0 spiro atoms. The summed E-state index contributed by atoms with van der Waals surface area (Å²) >= 11 is 0. The van der Waals surface area contributed by atoms with E-state index in [1.807, 2.05) is 6.08 Å². The summed E-state index contributed by atoms with van der Waals surface area (Å²) in [5.74, 6) is 2.54. The van der Waals surface area contributed by atoms with Crippen molar-refractivity contribution in [2.24, 2.45) is 17.8 Å². The third kappa shape index (κ3) is 7.73. The molecule has 4 aliphatic carbocycles. The van der Waals surface area contributed by atoms with E-state index in [0.717, 1.165) is 6.42 Å². The highest BCUT2D eigenvalue weighted by Gasteiger charge is 2.46. The van der Waals surface area contributed by atoms with Crippen LogP contribution in [0.3, 0.4) is 0 Å². The molecule has 0 nitrogen and oxygen atoms in total. The quantitative estimate of drug-likeness (QED) is 0.115. The second kappa shape index (κ2) is 16.5. The van der Waals surface area contributed by atoms with Crippen LogP contribution in [0.1, 0.15) is 94.5 Å². The lowest BCUT2D eigenvalue weighted by Gasteiger charge is -2.31. The molecule has 0 heterocycles. The van der Waals surface area contributed by atoms with Crippen molar-refractivity contribution in [2.45, 2.75) is 49.9 Å². The average molecular weight is 787 g/mol. The van der Waals surface area contributed by atoms with E-state index in [4.69, 9.17) is 0 Å². The van der Waals surface area contributed by atoms with Gasteiger partial charge >= 0.3 is 0 Å². The van der Waals surface area contributed by atoms with Crippen molar-refractivity contribution in [3.8, 4) is 0 Å². The van der Waals surface area contributed by atoms with Gasteiger partial charge in [0.25, 0.3) is 0 Å². The second-order valence-corrected chi connectivity index (χ2v) is 18.1. The first-order valence-electron chi connectivity index (χ1n) is 22.2. The van der Waals surface area contributed by atoms with E-state index >= 15 is 0 Å². The zero-order valence-corrected chi connectivity index (χ0v) is 35.4. The van der Waals surface area contributed by atoms with Gasteiger partial charge in [0.15, 0.2) is 0 Å². The maximum atomic E-state index is 4.18. The minimum Gasteiger partial charge on any atom is -0.0991 e. The molecule has 1 fully saturated rings. The first-order valence-corrected chi connectivity index (χ1v) is 22.2. The van der Waals surface area contributed by atoms with Crippen molar-refractivity contribution < 1.29 is 0 Å². The molecule has 6 aromatic carbocycles. The van der Waals surface area contributed by atoms with Gasteiger partial charge in [-0.2, -0.15) is 0 Å². The topological polar surface area (TPSA) is 0 Å². The van der Waals surface area contributed by atoms with Crippen LogP contribution in [-0.2, 0) is 5.41 Å². The standard InChI is InChI=1S/C61H54/c1-4-17-54(58-39-53(58)38-57(46-22-13-7-14-23-46)47-24-15-8-16-25-47)51-33-35-56-55-34-32-50(40-59(55)61(2,3)60(56)41-51)44-26-28-45(29-27-44)52-36-48(42-18-9-5-10-19-42)30-31-49(37-52)43-20-11-6-12-21-43/h4-37,40-41,48,53,55,57-59H,1,38-39H2,2-3H3/b54-17-. The van der Waals surface area contributed by atoms with E-state index in [1.54, 1.807) is 0 Å². The summed E-state index contributed by atoms with van der Waals surface area (Å²) in [4.78, 5) is 0. The number of allylic oxidation sites excluding steroid dienone is 13. The largest absolute Gasteiger partial charge is 0.0991 e. The van der Waals surface area contributed by atoms with Gasteiger partial charge in [-0.15, -0.1) is 0 Å². The highest BCUT2D eigenvalue weighted by atomic mass is 14.5. The lowest BCUT2D eigenvalue weighted by molar-refractivity contribution is 0.395. The maximum Gasteiger partial charge on any atom is 0.0210 e. The zero-order chi connectivity index (χ0) is 41.3. The summed E-state index contributed by atoms with van der Waals surface area (Å²) in [6.07, 6.45) is 23.5. The molecule has 0 heteroatoms. The van der Waals surface area contributed by atoms with Gasteiger partial charge in [0.2, 0.25) is 0 Å². The zero-order valence-electron chi connectivity index (χ0n) is 35.4. The Hall–Kier alpha value is -6.50. The molecule has 61 heavy (non-hydrogen) atoms. The van der Waals surface area contributed by atoms with Crippen LogP contribution in [0, 0.1) is 17.8 Å². The summed E-state index contributed by atoms with van der Waals surface area (Å²) < 4.78 is 0. The molecule has 5 unspecified atom stereocenters. The fraction of sp³-hybridized carbons (Fsp3) is 0.180. The van der Waals surface area contributed by atoms with E-state index < -0.39 is 0 Å². The van der Waals surface area contributed by atoms with Crippen molar-refractivity contribution in [3.63, 3.8) is 0 Å². The van der Waals surface area contributed by atoms with E-state index in [2.05, 4.69) is 233 Å². The van der Waals surface area contributed by atoms with Gasteiger partial charge in [0.1, 0.15) is 0 Å². The fourth-order valence-electron chi connectivity index (χ4n) is 10.6. The van der Waals surface area contributed by atoms with Gasteiger partial charge in [0.05, 0.1) is 0 Å². The Kier molecular flexibility index (Phi) is 10.5. The summed E-state index contributed by atoms with van der Waals surface area (Å²) in [5, 5.41) is 0. The molecule has 0 radical (unpaired) electrons. The Morgan fingerprint density at radius 1 is 0.639 bits per heavy atom. The molecule has 6 aromatic rings. The maximum absolute atomic E-state index is 4.18. The van der Waals surface area contributed by atoms with E-state index in [9.17, 15) is 0 Å². The Morgan fingerprint density at radius 2 is 1.23 bits per heavy atom. The Bertz CT molecular complexity index is 2680. The van der Waals surface area contributed by atoms with Gasteiger partial charge in [0, 0.05) is 17.8 Å². The van der Waals surface area contributed by atoms with Crippen molar-refractivity contribution in [1.29, 1.82) is 0 Å². The number of rotatable bonds is 11. The predicted molar refractivity (Wildman–Crippen MR) is 259 cm³/mol. The monoisotopic (exact) mass is 786 g/mol. The molecule has 0 N–H and O–H groups in total. The van der Waals surface area contributed by atoms with E-state index in [1.165, 1.54) is 78.8 Å². The minimum absolute atomic E-state index is 0.0108. The van der Waals surface area contributed by atoms with Crippen molar-refractivity contribution >= 4 is 22.3 Å². The minimum atomic E-state index is -0.0108. The molecule has 298 valence electrons. The SMILES string of the molecule is C=C/C=C(/c1ccc2c(c1)C(C)(C)C1C=C(c3ccc(C4=CC(c5ccccc5)C=CC(c5ccccc5)=C4)cc3)C=CC21)C1CC1CC(c1ccccc1)c1ccccc1. The molecule has 10 rings (SSSR count). The number of fused-ring (bicyclic) bond motifs is 3. The highest BCUT2D eigenvalue weighted by Crippen LogP contribution is 2.57. The van der Waals surface area contributed by atoms with Crippen LogP contribution in [0.5, 0.6) is 0 Å². The third-order valence-electron chi connectivity index (χ3n) is 14.1. The molecule has 0 aliphatic heterocycles. The van der Waals surface area contributed by atoms with Crippen LogP contribution >= 0.6 is 0 Å². The van der Waals surface area contributed by atoms with Crippen LogP contribution in [0.4, 0.5) is 0 Å². The highest BCUT2D eigenvalue weighted by molar-refractivity contribution is 5.90. The first kappa shape index (κ1) is 38.7. The van der Waals surface area contributed by atoms with E-state index in [0.29, 0.717) is 29.6 Å². The number of benzene rings is 6. The van der Waals surface area contributed by atoms with Crippen LogP contribution in [0.25, 0.3) is 22.3 Å². The summed E-state index contributed by atoms with van der Waals surface area (Å²) in [5.41, 5.74) is 17.4. The second-order valence-electron chi connectivity index (χ2n) is 18.1. The van der Waals surface area contributed by atoms with Crippen molar-refractivity contribution in [3.05, 3.63) is 275 Å². The predicted octanol–water partition coefficient (Wildman–Crippen LogP) is 15.6. The summed E-state index contributed by atoms with van der Waals surface area (Å²) in [7, 11) is 0. The number of hydrogen-bond donors (Lipinski definition) is 0. The van der Waals surface area contributed by atoms with Gasteiger partial charge in [-0.1, -0.05) is 233 Å². The Morgan fingerprint density at radius 3 is 1.89 bits per heavy atom. The van der Waals surface area contributed by atoms with Crippen LogP contribution < -0.4 is 0 Å². The van der Waals surface area contributed by atoms with Gasteiger partial charge in [-0.05, 0) is 114 Å². The first-order chi connectivity index (χ1) is 29.9. The Balaban J connectivity index is 0.896. The van der Waals surface area contributed by atoms with E-state index in [-0.39, 0.29) is 11.3 Å². The van der Waals surface area contributed by atoms with Crippen LogP contribution in [-0.4, -0.2) is 0 Å². The normalized spacial score (nSPS) is 22.4. The molecule has 0 bridgehead atoms. The molecule has 0 saturated heterocycles. The lowest BCUT2D eigenvalue weighted by Crippen LogP contribution is -2.25. The molecular weight excluding hydrogens is 733 g/mol. The summed E-state index contributed by atoms with van der Waals surface area (Å²) in [6, 6.07) is 60.4. The van der Waals surface area contributed by atoms with Crippen molar-refractivity contribution in [1.82, 2.24) is 0 Å². The molecule has 0 aromatic heterocycles. The van der Waals surface area contributed by atoms with Crippen LogP contribution in [0.2, 0.25) is 0 Å². The van der Waals surface area contributed by atoms with Crippen molar-refractivity contribution in [2.75, 3.05) is 0 Å². The third-order valence-corrected chi connectivity index (χ3v) is 14.1. The molecule has 5 atom stereocenters. The summed E-state index contributed by atoms with van der Waals surface area (Å²) in [6.45, 7) is 9.11. The smallest absolute Gasteiger partial charge is 0.0210 e. The van der Waals surface area contributed by atoms with Gasteiger partial charge in [-0.25, -0.2) is 0 Å². The lowest BCUT2D eigenvalue weighted by atomic mass is 9.72. The molecule has 4 aliphatic rings. The fourth-order valence-corrected chi connectivity index (χ4v) is 10.6. The van der Waals surface area contributed by atoms with Gasteiger partial charge < -0.3 is 0 Å². The van der Waals surface area contributed by atoms with Gasteiger partial charge in [-0.3, -0.25) is 0 Å².